The number of benzene rings is 1. The highest BCUT2D eigenvalue weighted by molar-refractivity contribution is 7.91. The molecule has 29 heavy (non-hydrogen) atoms. The lowest BCUT2D eigenvalue weighted by molar-refractivity contribution is -0.119. The highest BCUT2D eigenvalue weighted by Gasteiger charge is 2.21. The molecule has 0 aliphatic carbocycles. The fourth-order valence-corrected chi connectivity index (χ4v) is 5.29. The van der Waals surface area contributed by atoms with Crippen LogP contribution in [0.2, 0.25) is 0 Å². The Hall–Kier alpha value is -2.56. The number of hydrogen-bond acceptors (Lipinski definition) is 7. The van der Waals surface area contributed by atoms with Crippen molar-refractivity contribution in [2.45, 2.75) is 25.3 Å². The maximum Gasteiger partial charge on any atom is 0.258 e. The Balaban J connectivity index is 1.76. The number of sulfone groups is 1. The van der Waals surface area contributed by atoms with Crippen molar-refractivity contribution in [2.24, 2.45) is 0 Å². The molecule has 0 radical (unpaired) electrons. The van der Waals surface area contributed by atoms with Crippen LogP contribution in [-0.2, 0) is 21.2 Å². The third-order valence-electron chi connectivity index (χ3n) is 4.00. The van der Waals surface area contributed by atoms with Gasteiger partial charge in [0.1, 0.15) is 0 Å². The molecular formula is C19H19N3O4S3. The number of nitrogens with zero attached hydrogens (tertiary/aromatic N) is 1. The Morgan fingerprint density at radius 3 is 2.62 bits per heavy atom. The molecule has 3 aromatic rings. The predicted octanol–water partition coefficient (Wildman–Crippen LogP) is 3.55. The molecule has 0 aliphatic heterocycles. The van der Waals surface area contributed by atoms with Crippen LogP contribution in [0.4, 0.5) is 5.13 Å². The van der Waals surface area contributed by atoms with Crippen LogP contribution in [0.5, 0.6) is 0 Å². The van der Waals surface area contributed by atoms with Gasteiger partial charge in [0.2, 0.25) is 5.91 Å². The van der Waals surface area contributed by atoms with Gasteiger partial charge in [-0.3, -0.25) is 14.9 Å². The largest absolute Gasteiger partial charge is 0.351 e. The van der Waals surface area contributed by atoms with E-state index < -0.39 is 15.7 Å². The third-order valence-corrected chi connectivity index (χ3v) is 7.65. The summed E-state index contributed by atoms with van der Waals surface area (Å²) in [5.41, 5.74) is 0.804. The Morgan fingerprint density at radius 2 is 1.90 bits per heavy atom. The minimum Gasteiger partial charge on any atom is -0.351 e. The fraction of sp³-hybridized carbons (Fsp3) is 0.211. The van der Waals surface area contributed by atoms with Gasteiger partial charge in [0.05, 0.1) is 33.3 Å². The topological polar surface area (TPSA) is 105 Å². The molecule has 2 aromatic heterocycles. The lowest BCUT2D eigenvalue weighted by Crippen LogP contribution is -2.17. The molecule has 0 spiro atoms. The Kier molecular flexibility index (Phi) is 6.46. The smallest absolute Gasteiger partial charge is 0.258 e. The van der Waals surface area contributed by atoms with E-state index in [0.717, 1.165) is 9.75 Å². The number of carbonyl (C=O) groups is 2. The number of thiophene rings is 1. The number of nitrogens with one attached hydrogen (secondary N) is 2. The third kappa shape index (κ3) is 5.08. The monoisotopic (exact) mass is 449 g/mol. The fourth-order valence-electron chi connectivity index (χ4n) is 2.51. The second kappa shape index (κ2) is 8.85. The van der Waals surface area contributed by atoms with Crippen molar-refractivity contribution in [2.75, 3.05) is 11.1 Å². The van der Waals surface area contributed by atoms with Crippen molar-refractivity contribution in [3.05, 3.63) is 52.2 Å². The van der Waals surface area contributed by atoms with Gasteiger partial charge in [0, 0.05) is 17.2 Å². The van der Waals surface area contributed by atoms with Gasteiger partial charge in [0.15, 0.2) is 15.0 Å². The summed E-state index contributed by atoms with van der Waals surface area (Å²) in [5, 5.41) is 7.63. The summed E-state index contributed by atoms with van der Waals surface area (Å²) < 4.78 is 24.5. The van der Waals surface area contributed by atoms with Crippen LogP contribution in [0.3, 0.4) is 0 Å². The van der Waals surface area contributed by atoms with Crippen molar-refractivity contribution in [1.29, 1.82) is 0 Å². The number of carbonyl (C=O) groups excluding carboxylic acids is 2. The second-order valence-corrected chi connectivity index (χ2v) is 10.3. The van der Waals surface area contributed by atoms with E-state index in [1.54, 1.807) is 19.1 Å². The van der Waals surface area contributed by atoms with E-state index in [0.29, 0.717) is 17.4 Å². The average molecular weight is 450 g/mol. The van der Waals surface area contributed by atoms with E-state index in [2.05, 4.69) is 15.6 Å². The first kappa shape index (κ1) is 21.2. The summed E-state index contributed by atoms with van der Waals surface area (Å²) in [7, 11) is -3.52. The summed E-state index contributed by atoms with van der Waals surface area (Å²) >= 11 is 2.76. The van der Waals surface area contributed by atoms with E-state index in [4.69, 9.17) is 0 Å². The van der Waals surface area contributed by atoms with Gasteiger partial charge in [-0.1, -0.05) is 19.1 Å². The number of thiazole rings is 1. The molecule has 7 nitrogen and oxygen atoms in total. The molecule has 0 unspecified atom stereocenters. The molecule has 0 fully saturated rings. The maximum atomic E-state index is 12.6. The molecule has 1 aromatic carbocycles. The minimum absolute atomic E-state index is 0.0117. The minimum atomic E-state index is -3.52. The van der Waals surface area contributed by atoms with Gasteiger partial charge in [-0.2, -0.15) is 0 Å². The van der Waals surface area contributed by atoms with Crippen LogP contribution in [0, 0.1) is 0 Å². The summed E-state index contributed by atoms with van der Waals surface area (Å²) in [6, 6.07) is 9.96. The number of hydrogen-bond donors (Lipinski definition) is 2. The van der Waals surface area contributed by atoms with Crippen molar-refractivity contribution in [3.63, 3.8) is 0 Å². The number of aromatic nitrogens is 1. The quantitative estimate of drug-likeness (QED) is 0.574. The van der Waals surface area contributed by atoms with Crippen LogP contribution in [0.1, 0.15) is 29.1 Å². The average Bonchev–Trinajstić information content (AvgIpc) is 3.35. The second-order valence-electron chi connectivity index (χ2n) is 6.07. The molecule has 152 valence electrons. The zero-order valence-electron chi connectivity index (χ0n) is 15.8. The zero-order valence-corrected chi connectivity index (χ0v) is 18.2. The Morgan fingerprint density at radius 1 is 1.14 bits per heavy atom. The molecule has 0 atom stereocenters. The summed E-state index contributed by atoms with van der Waals surface area (Å²) in [4.78, 5) is 30.0. The van der Waals surface area contributed by atoms with E-state index in [9.17, 15) is 18.0 Å². The van der Waals surface area contributed by atoms with Gasteiger partial charge in [0.25, 0.3) is 5.91 Å². The molecule has 0 bridgehead atoms. The van der Waals surface area contributed by atoms with Crippen LogP contribution >= 0.6 is 22.7 Å². The molecule has 3 rings (SSSR count). The van der Waals surface area contributed by atoms with Crippen molar-refractivity contribution >= 4 is 49.5 Å². The standard InChI is InChI=1S/C19H19N3O4S3/c1-3-29(25,26)17-7-5-4-6-14(17)18(24)22-19-21-15(11-27-19)16-9-8-13(28-16)10-20-12(2)23/h4-9,11H,3,10H2,1-2H3,(H,20,23)(H,21,22,24). The van der Waals surface area contributed by atoms with E-state index in [1.165, 1.54) is 41.7 Å². The van der Waals surface area contributed by atoms with Crippen molar-refractivity contribution in [3.8, 4) is 10.6 Å². The number of rotatable bonds is 7. The normalized spacial score (nSPS) is 11.2. The SMILES string of the molecule is CCS(=O)(=O)c1ccccc1C(=O)Nc1nc(-c2ccc(CNC(C)=O)s2)cs1. The predicted molar refractivity (Wildman–Crippen MR) is 115 cm³/mol. The highest BCUT2D eigenvalue weighted by atomic mass is 32.2. The lowest BCUT2D eigenvalue weighted by atomic mass is 10.2. The highest BCUT2D eigenvalue weighted by Crippen LogP contribution is 2.31. The Bertz CT molecular complexity index is 1150. The first-order valence-corrected chi connectivity index (χ1v) is 12.1. The molecule has 10 heteroatoms. The molecule has 2 heterocycles. The van der Waals surface area contributed by atoms with Gasteiger partial charge < -0.3 is 5.32 Å². The molecule has 0 aliphatic rings. The van der Waals surface area contributed by atoms with E-state index >= 15 is 0 Å². The Labute approximate surface area is 176 Å². The molecule has 2 N–H and O–H groups in total. The van der Waals surface area contributed by atoms with Crippen molar-refractivity contribution in [1.82, 2.24) is 10.3 Å². The van der Waals surface area contributed by atoms with Crippen molar-refractivity contribution < 1.29 is 18.0 Å². The van der Waals surface area contributed by atoms with E-state index in [1.807, 2.05) is 17.5 Å². The number of anilines is 1. The molecule has 2 amide bonds. The summed E-state index contributed by atoms with van der Waals surface area (Å²) in [6.07, 6.45) is 0. The van der Waals surface area contributed by atoms with Crippen LogP contribution in [-0.4, -0.2) is 31.0 Å². The van der Waals surface area contributed by atoms with Gasteiger partial charge in [-0.25, -0.2) is 13.4 Å². The van der Waals surface area contributed by atoms with Crippen LogP contribution in [0.15, 0.2) is 46.7 Å². The summed E-state index contributed by atoms with van der Waals surface area (Å²) in [5.74, 6) is -0.697. The number of amides is 2. The zero-order chi connectivity index (χ0) is 21.0. The van der Waals surface area contributed by atoms with Gasteiger partial charge >= 0.3 is 0 Å². The maximum absolute atomic E-state index is 12.6. The van der Waals surface area contributed by atoms with Gasteiger partial charge in [-0.05, 0) is 24.3 Å². The first-order chi connectivity index (χ1) is 13.8. The molecule has 0 saturated carbocycles. The van der Waals surface area contributed by atoms with E-state index in [-0.39, 0.29) is 22.1 Å². The van der Waals surface area contributed by atoms with Crippen LogP contribution < -0.4 is 10.6 Å². The van der Waals surface area contributed by atoms with Crippen LogP contribution in [0.25, 0.3) is 10.6 Å². The molecule has 0 saturated heterocycles. The lowest BCUT2D eigenvalue weighted by Gasteiger charge is -2.08. The first-order valence-electron chi connectivity index (χ1n) is 8.72. The summed E-state index contributed by atoms with van der Waals surface area (Å²) in [6.45, 7) is 3.46. The molecular weight excluding hydrogens is 430 g/mol. The van der Waals surface area contributed by atoms with Gasteiger partial charge in [-0.15, -0.1) is 22.7 Å².